The summed E-state index contributed by atoms with van der Waals surface area (Å²) in [5, 5.41) is 5.49. The zero-order valence-corrected chi connectivity index (χ0v) is 24.3. The third-order valence-corrected chi connectivity index (χ3v) is 8.74. The molecule has 0 aliphatic carbocycles. The summed E-state index contributed by atoms with van der Waals surface area (Å²) in [5.74, 6) is -1.38. The van der Waals surface area contributed by atoms with Gasteiger partial charge in [-0.2, -0.15) is 0 Å². The van der Waals surface area contributed by atoms with Crippen LogP contribution in [0.3, 0.4) is 0 Å². The Bertz CT molecular complexity index is 1250. The molecule has 3 aromatic carbocycles. The van der Waals surface area contributed by atoms with Crippen LogP contribution in [-0.2, 0) is 33.2 Å². The summed E-state index contributed by atoms with van der Waals surface area (Å²) in [6.07, 6.45) is 1.63. The van der Waals surface area contributed by atoms with Crippen LogP contribution in [0, 0.1) is 11.3 Å². The second kappa shape index (κ2) is 13.7. The fraction of sp³-hybridized carbons (Fsp3) is 0.375. The maximum atomic E-state index is 13.5. The van der Waals surface area contributed by atoms with Crippen LogP contribution in [0.4, 0.5) is 0 Å². The molecule has 0 radical (unpaired) electrons. The van der Waals surface area contributed by atoms with Crippen LogP contribution in [0.5, 0.6) is 0 Å². The van der Waals surface area contributed by atoms with Crippen molar-refractivity contribution in [2.45, 2.75) is 52.2 Å². The van der Waals surface area contributed by atoms with Gasteiger partial charge >= 0.3 is 0 Å². The summed E-state index contributed by atoms with van der Waals surface area (Å²) >= 11 is 0. The Balaban J connectivity index is 1.73. The van der Waals surface area contributed by atoms with Crippen molar-refractivity contribution in [3.05, 3.63) is 107 Å². The average molecular weight is 549 g/mol. The fourth-order valence-corrected chi connectivity index (χ4v) is 6.61. The van der Waals surface area contributed by atoms with Gasteiger partial charge in [-0.15, -0.1) is 0 Å². The van der Waals surface area contributed by atoms with Crippen molar-refractivity contribution in [1.82, 2.24) is 10.6 Å². The molecule has 208 valence electrons. The maximum absolute atomic E-state index is 13.5. The van der Waals surface area contributed by atoms with E-state index in [9.17, 15) is 19.0 Å². The minimum absolute atomic E-state index is 0.00806. The molecule has 2 amide bonds. The van der Waals surface area contributed by atoms with Gasteiger partial charge in [0.25, 0.3) is 0 Å². The summed E-state index contributed by atoms with van der Waals surface area (Å²) in [7, 11) is -2.17. The van der Waals surface area contributed by atoms with E-state index in [0.717, 1.165) is 23.1 Å². The van der Waals surface area contributed by atoms with Gasteiger partial charge in [0.2, 0.25) is 19.2 Å². The highest BCUT2D eigenvalue weighted by Crippen LogP contribution is 2.47. The minimum atomic E-state index is -3.70. The molecule has 6 nitrogen and oxygen atoms in total. The number of hydrogen-bond acceptors (Lipinski definition) is 3. The number of nitrogens with one attached hydrogen (secondary N) is 2. The first kappa shape index (κ1) is 30.3. The third-order valence-electron chi connectivity index (χ3n) is 6.87. The molecule has 7 heteroatoms. The van der Waals surface area contributed by atoms with E-state index in [2.05, 4.69) is 22.8 Å². The highest BCUT2D eigenvalue weighted by molar-refractivity contribution is 7.57. The van der Waals surface area contributed by atoms with Gasteiger partial charge in [0.15, 0.2) is 0 Å². The van der Waals surface area contributed by atoms with Gasteiger partial charge in [-0.25, -0.2) is 0 Å². The maximum Gasteiger partial charge on any atom is 0.242 e. The molecule has 3 N–H and O–H groups in total. The lowest BCUT2D eigenvalue weighted by atomic mass is 9.85. The van der Waals surface area contributed by atoms with Crippen LogP contribution in [0.25, 0.3) is 0 Å². The van der Waals surface area contributed by atoms with Crippen molar-refractivity contribution in [2.24, 2.45) is 11.3 Å². The zero-order chi connectivity index (χ0) is 28.5. The topological polar surface area (TPSA) is 95.5 Å². The van der Waals surface area contributed by atoms with Crippen molar-refractivity contribution in [3.63, 3.8) is 0 Å². The van der Waals surface area contributed by atoms with E-state index in [4.69, 9.17) is 0 Å². The molecule has 0 heterocycles. The van der Waals surface area contributed by atoms with Crippen LogP contribution in [0.15, 0.2) is 84.9 Å². The highest BCUT2D eigenvalue weighted by Gasteiger charge is 2.36. The first-order chi connectivity index (χ1) is 18.5. The quantitative estimate of drug-likeness (QED) is 0.258. The van der Waals surface area contributed by atoms with Gasteiger partial charge in [-0.3, -0.25) is 14.2 Å². The molecule has 3 aromatic rings. The number of likely N-dealkylation sites (N-methyl/N-ethyl adjacent to an activating group) is 1. The number of carbonyl (C=O) groups excluding carboxylic acids is 2. The molecule has 0 aliphatic rings. The molecule has 0 spiro atoms. The Hall–Kier alpha value is -3.21. The van der Waals surface area contributed by atoms with Gasteiger partial charge in [0, 0.05) is 25.3 Å². The van der Waals surface area contributed by atoms with E-state index in [1.165, 1.54) is 12.6 Å². The van der Waals surface area contributed by atoms with Crippen molar-refractivity contribution < 1.29 is 19.0 Å². The lowest BCUT2D eigenvalue weighted by Gasteiger charge is -2.31. The van der Waals surface area contributed by atoms with Gasteiger partial charge in [-0.05, 0) is 46.9 Å². The number of rotatable bonds is 12. The molecule has 0 bridgehead atoms. The summed E-state index contributed by atoms with van der Waals surface area (Å²) in [6.45, 7) is 5.64. The van der Waals surface area contributed by atoms with Gasteiger partial charge < -0.3 is 15.5 Å². The Morgan fingerprint density at radius 1 is 0.795 bits per heavy atom. The number of carbonyl (C=O) groups is 2. The SMILES string of the molecule is CNC(=O)[C@H](NC(=O)C(CCc1ccccc1)CP(=O)(O)Cc1ccc(Cc2ccccc2)cc1)C(C)(C)C. The third kappa shape index (κ3) is 9.80. The molecule has 0 aromatic heterocycles. The Kier molecular flexibility index (Phi) is 10.7. The van der Waals surface area contributed by atoms with Gasteiger partial charge in [0.1, 0.15) is 6.04 Å². The smallest absolute Gasteiger partial charge is 0.242 e. The molecule has 0 fully saturated rings. The number of benzene rings is 3. The molecule has 39 heavy (non-hydrogen) atoms. The Morgan fingerprint density at radius 3 is 1.85 bits per heavy atom. The zero-order valence-electron chi connectivity index (χ0n) is 23.4. The molecule has 0 saturated heterocycles. The standard InChI is InChI=1S/C32H41N2O4P/c1-32(2,3)29(31(36)33-4)34-30(35)28(20-19-24-11-7-5-8-12-24)23-39(37,38)22-27-17-15-26(16-18-27)21-25-13-9-6-10-14-25/h5-18,28-29H,19-23H2,1-4H3,(H,33,36)(H,34,35)(H,37,38)/t28?,29-/m0/s1. The molecular weight excluding hydrogens is 507 g/mol. The van der Waals surface area contributed by atoms with E-state index in [-0.39, 0.29) is 24.1 Å². The van der Waals surface area contributed by atoms with Gasteiger partial charge in [0.05, 0.1) is 0 Å². The number of aryl methyl sites for hydroxylation is 1. The van der Waals surface area contributed by atoms with E-state index in [1.54, 1.807) is 0 Å². The van der Waals surface area contributed by atoms with Gasteiger partial charge in [-0.1, -0.05) is 106 Å². The first-order valence-electron chi connectivity index (χ1n) is 13.5. The van der Waals surface area contributed by atoms with Crippen molar-refractivity contribution in [3.8, 4) is 0 Å². The lowest BCUT2D eigenvalue weighted by Crippen LogP contribution is -2.54. The van der Waals surface area contributed by atoms with E-state index < -0.39 is 24.7 Å². The Morgan fingerprint density at radius 2 is 1.31 bits per heavy atom. The fourth-order valence-electron chi connectivity index (χ4n) is 4.66. The van der Waals surface area contributed by atoms with Crippen molar-refractivity contribution in [1.29, 1.82) is 0 Å². The largest absolute Gasteiger partial charge is 0.357 e. The van der Waals surface area contributed by atoms with Crippen LogP contribution < -0.4 is 10.6 Å². The normalized spacial score (nSPS) is 14.6. The number of hydrogen-bond donors (Lipinski definition) is 3. The highest BCUT2D eigenvalue weighted by atomic mass is 31.2. The van der Waals surface area contributed by atoms with Crippen LogP contribution >= 0.6 is 7.37 Å². The van der Waals surface area contributed by atoms with Crippen molar-refractivity contribution in [2.75, 3.05) is 13.2 Å². The molecule has 0 saturated carbocycles. The second-order valence-electron chi connectivity index (χ2n) is 11.3. The molecule has 3 rings (SSSR count). The van der Waals surface area contributed by atoms with Crippen LogP contribution in [0.2, 0.25) is 0 Å². The lowest BCUT2D eigenvalue weighted by molar-refractivity contribution is -0.133. The predicted octanol–water partition coefficient (Wildman–Crippen LogP) is 5.57. The summed E-state index contributed by atoms with van der Waals surface area (Å²) in [5.41, 5.74) is 3.62. The first-order valence-corrected chi connectivity index (χ1v) is 15.5. The molecular formula is C32H41N2O4P. The average Bonchev–Trinajstić information content (AvgIpc) is 2.90. The second-order valence-corrected chi connectivity index (χ2v) is 13.7. The van der Waals surface area contributed by atoms with E-state index >= 15 is 0 Å². The molecule has 2 unspecified atom stereocenters. The van der Waals surface area contributed by atoms with E-state index in [1.807, 2.05) is 93.6 Å². The summed E-state index contributed by atoms with van der Waals surface area (Å²) in [4.78, 5) is 37.0. The summed E-state index contributed by atoms with van der Waals surface area (Å²) in [6, 6.07) is 26.9. The minimum Gasteiger partial charge on any atom is -0.357 e. The van der Waals surface area contributed by atoms with Crippen LogP contribution in [-0.4, -0.2) is 36.0 Å². The summed E-state index contributed by atoms with van der Waals surface area (Å²) < 4.78 is 13.5. The molecule has 0 aliphatic heterocycles. The van der Waals surface area contributed by atoms with Crippen molar-refractivity contribution >= 4 is 19.2 Å². The Labute approximate surface area is 232 Å². The van der Waals surface area contributed by atoms with E-state index in [0.29, 0.717) is 12.8 Å². The predicted molar refractivity (Wildman–Crippen MR) is 158 cm³/mol. The molecule has 3 atom stereocenters. The number of amides is 2. The van der Waals surface area contributed by atoms with Crippen LogP contribution in [0.1, 0.15) is 49.4 Å². The monoisotopic (exact) mass is 548 g/mol.